The average molecular weight is 416 g/mol. The summed E-state index contributed by atoms with van der Waals surface area (Å²) in [6.45, 7) is 8.36. The van der Waals surface area contributed by atoms with Gasteiger partial charge in [-0.3, -0.25) is 4.57 Å². The summed E-state index contributed by atoms with van der Waals surface area (Å²) in [6.07, 6.45) is 1.07. The number of thioether (sulfide) groups is 2. The molecule has 0 spiro atoms. The Morgan fingerprint density at radius 3 is 2.36 bits per heavy atom. The highest BCUT2D eigenvalue weighted by Crippen LogP contribution is 2.30. The molecule has 1 atom stereocenters. The van der Waals surface area contributed by atoms with E-state index in [1.807, 2.05) is 44.2 Å². The van der Waals surface area contributed by atoms with E-state index in [0.29, 0.717) is 11.0 Å². The number of hydrogen-bond acceptors (Lipinski definition) is 7. The van der Waals surface area contributed by atoms with Gasteiger partial charge in [-0.25, -0.2) is 9.97 Å². The molecule has 0 unspecified atom stereocenters. The Bertz CT molecular complexity index is 907. The lowest BCUT2D eigenvalue weighted by molar-refractivity contribution is 0.414. The smallest absolute Gasteiger partial charge is 0.196 e. The van der Waals surface area contributed by atoms with E-state index in [9.17, 15) is 0 Å². The van der Waals surface area contributed by atoms with Crippen molar-refractivity contribution >= 4 is 23.5 Å². The Labute approximate surface area is 174 Å². The van der Waals surface area contributed by atoms with Gasteiger partial charge < -0.3 is 4.74 Å². The predicted molar refractivity (Wildman–Crippen MR) is 115 cm³/mol. The Kier molecular flexibility index (Phi) is 6.96. The van der Waals surface area contributed by atoms with Gasteiger partial charge in [0, 0.05) is 22.3 Å². The molecule has 28 heavy (non-hydrogen) atoms. The van der Waals surface area contributed by atoms with Gasteiger partial charge in [-0.05, 0) is 50.6 Å². The molecule has 0 aliphatic rings. The average Bonchev–Trinajstić information content (AvgIpc) is 3.08. The zero-order valence-electron chi connectivity index (χ0n) is 16.8. The third-order valence-corrected chi connectivity index (χ3v) is 6.26. The van der Waals surface area contributed by atoms with Gasteiger partial charge in [-0.15, -0.1) is 10.2 Å². The molecule has 3 aromatic rings. The van der Waals surface area contributed by atoms with E-state index < -0.39 is 0 Å². The lowest BCUT2D eigenvalue weighted by atomic mass is 10.3. The summed E-state index contributed by atoms with van der Waals surface area (Å²) in [6, 6.07) is 9.95. The van der Waals surface area contributed by atoms with Crippen molar-refractivity contribution in [2.75, 3.05) is 7.11 Å². The number of methoxy groups -OCH3 is 1. The summed E-state index contributed by atoms with van der Waals surface area (Å²) in [5.41, 5.74) is 2.97. The normalized spacial score (nSPS) is 12.2. The van der Waals surface area contributed by atoms with Crippen LogP contribution in [0.3, 0.4) is 0 Å². The van der Waals surface area contributed by atoms with Crippen molar-refractivity contribution in [1.82, 2.24) is 24.7 Å². The van der Waals surface area contributed by atoms with E-state index in [-0.39, 0.29) is 0 Å². The van der Waals surface area contributed by atoms with Gasteiger partial charge >= 0.3 is 0 Å². The SMILES string of the molecule is CC[C@@H](C)Sc1nnc(CSc2nc(C)cc(C)n2)n1-c1ccc(OC)cc1. The molecule has 2 aromatic heterocycles. The number of benzene rings is 1. The third kappa shape index (κ3) is 5.05. The van der Waals surface area contributed by atoms with E-state index in [1.165, 1.54) is 0 Å². The van der Waals surface area contributed by atoms with Gasteiger partial charge in [-0.2, -0.15) is 0 Å². The van der Waals surface area contributed by atoms with Crippen LogP contribution in [0.1, 0.15) is 37.5 Å². The highest BCUT2D eigenvalue weighted by molar-refractivity contribution is 7.99. The van der Waals surface area contributed by atoms with Crippen molar-refractivity contribution in [1.29, 1.82) is 0 Å². The molecule has 0 amide bonds. The molecule has 148 valence electrons. The molecule has 2 heterocycles. The first-order chi connectivity index (χ1) is 13.5. The van der Waals surface area contributed by atoms with Crippen LogP contribution in [-0.2, 0) is 5.75 Å². The van der Waals surface area contributed by atoms with Gasteiger partial charge in [0.25, 0.3) is 0 Å². The number of hydrogen-bond donors (Lipinski definition) is 0. The minimum atomic E-state index is 0.462. The highest BCUT2D eigenvalue weighted by Gasteiger charge is 2.17. The monoisotopic (exact) mass is 415 g/mol. The Morgan fingerprint density at radius 2 is 1.75 bits per heavy atom. The summed E-state index contributed by atoms with van der Waals surface area (Å²) < 4.78 is 7.41. The maximum absolute atomic E-state index is 5.29. The minimum Gasteiger partial charge on any atom is -0.497 e. The zero-order chi connectivity index (χ0) is 20.1. The predicted octanol–water partition coefficient (Wildman–Crippen LogP) is 4.87. The van der Waals surface area contributed by atoms with Crippen LogP contribution in [0.25, 0.3) is 5.69 Å². The Morgan fingerprint density at radius 1 is 1.07 bits per heavy atom. The minimum absolute atomic E-state index is 0.462. The molecule has 0 aliphatic heterocycles. The fourth-order valence-corrected chi connectivity index (χ4v) is 4.40. The second-order valence-electron chi connectivity index (χ2n) is 6.49. The van der Waals surface area contributed by atoms with Crippen LogP contribution in [0.15, 0.2) is 40.6 Å². The molecule has 0 aliphatic carbocycles. The first kappa shape index (κ1) is 20.7. The van der Waals surface area contributed by atoms with Crippen molar-refractivity contribution in [3.63, 3.8) is 0 Å². The number of rotatable bonds is 8. The van der Waals surface area contributed by atoms with Gasteiger partial charge in [0.1, 0.15) is 11.6 Å². The van der Waals surface area contributed by atoms with Crippen molar-refractivity contribution in [3.8, 4) is 11.4 Å². The molecular formula is C20H25N5OS2. The van der Waals surface area contributed by atoms with Gasteiger partial charge in [0.15, 0.2) is 10.3 Å². The fraction of sp³-hybridized carbons (Fsp3) is 0.400. The van der Waals surface area contributed by atoms with Crippen LogP contribution >= 0.6 is 23.5 Å². The number of aromatic nitrogens is 5. The summed E-state index contributed by atoms with van der Waals surface area (Å²) in [7, 11) is 1.67. The van der Waals surface area contributed by atoms with Crippen LogP contribution in [0.4, 0.5) is 0 Å². The van der Waals surface area contributed by atoms with Crippen molar-refractivity contribution in [3.05, 3.63) is 47.5 Å². The van der Waals surface area contributed by atoms with Crippen LogP contribution < -0.4 is 4.74 Å². The van der Waals surface area contributed by atoms with Gasteiger partial charge in [-0.1, -0.05) is 37.4 Å². The molecule has 6 nitrogen and oxygen atoms in total. The van der Waals surface area contributed by atoms with Crippen LogP contribution in [0.5, 0.6) is 5.75 Å². The van der Waals surface area contributed by atoms with E-state index in [0.717, 1.165) is 45.4 Å². The van der Waals surface area contributed by atoms with E-state index >= 15 is 0 Å². The molecule has 1 aromatic carbocycles. The zero-order valence-corrected chi connectivity index (χ0v) is 18.5. The van der Waals surface area contributed by atoms with Crippen LogP contribution in [0, 0.1) is 13.8 Å². The second kappa shape index (κ2) is 9.43. The summed E-state index contributed by atoms with van der Waals surface area (Å²) in [5, 5.41) is 11.1. The summed E-state index contributed by atoms with van der Waals surface area (Å²) >= 11 is 3.32. The number of aryl methyl sites for hydroxylation is 2. The first-order valence-corrected chi connectivity index (χ1v) is 11.1. The first-order valence-electron chi connectivity index (χ1n) is 9.20. The highest BCUT2D eigenvalue weighted by atomic mass is 32.2. The molecule has 0 bridgehead atoms. The molecule has 8 heteroatoms. The second-order valence-corrected chi connectivity index (χ2v) is 8.84. The Hall–Kier alpha value is -2.06. The van der Waals surface area contributed by atoms with E-state index in [2.05, 4.69) is 38.6 Å². The molecule has 0 radical (unpaired) electrons. The van der Waals surface area contributed by atoms with Crippen LogP contribution in [-0.4, -0.2) is 37.1 Å². The largest absolute Gasteiger partial charge is 0.497 e. The lowest BCUT2D eigenvalue weighted by Gasteiger charge is -2.13. The number of nitrogens with zero attached hydrogens (tertiary/aromatic N) is 5. The van der Waals surface area contributed by atoms with Gasteiger partial charge in [0.2, 0.25) is 0 Å². The molecule has 0 fully saturated rings. The Balaban J connectivity index is 1.90. The molecule has 0 saturated carbocycles. The maximum Gasteiger partial charge on any atom is 0.196 e. The summed E-state index contributed by atoms with van der Waals surface area (Å²) in [4.78, 5) is 9.03. The standard InChI is InChI=1S/C20H25N5OS2/c1-6-15(4)28-20-24-23-18(12-27-19-21-13(2)11-14(3)22-19)25(20)16-7-9-17(26-5)10-8-16/h7-11,15H,6,12H2,1-5H3/t15-/m1/s1. The van der Waals surface area contributed by atoms with Crippen molar-refractivity contribution < 1.29 is 4.74 Å². The molecular weight excluding hydrogens is 390 g/mol. The molecule has 0 saturated heterocycles. The van der Waals surface area contributed by atoms with Gasteiger partial charge in [0.05, 0.1) is 12.9 Å². The van der Waals surface area contributed by atoms with E-state index in [1.54, 1.807) is 30.6 Å². The van der Waals surface area contributed by atoms with Crippen molar-refractivity contribution in [2.24, 2.45) is 0 Å². The third-order valence-electron chi connectivity index (χ3n) is 4.20. The van der Waals surface area contributed by atoms with E-state index in [4.69, 9.17) is 4.74 Å². The van der Waals surface area contributed by atoms with Crippen molar-refractivity contribution in [2.45, 2.75) is 55.4 Å². The summed E-state index contributed by atoms with van der Waals surface area (Å²) in [5.74, 6) is 2.35. The van der Waals surface area contributed by atoms with Crippen LogP contribution in [0.2, 0.25) is 0 Å². The molecule has 3 rings (SSSR count). The quantitative estimate of drug-likeness (QED) is 0.384. The number of ether oxygens (including phenoxy) is 1. The fourth-order valence-electron chi connectivity index (χ4n) is 2.61. The molecule has 0 N–H and O–H groups in total. The lowest BCUT2D eigenvalue weighted by Crippen LogP contribution is -2.04. The maximum atomic E-state index is 5.29. The topological polar surface area (TPSA) is 65.7 Å².